The van der Waals surface area contributed by atoms with Crippen molar-refractivity contribution in [2.24, 2.45) is 0 Å². The molecule has 2 aromatic rings. The fraction of sp³-hybridized carbons (Fsp3) is 0.111. The van der Waals surface area contributed by atoms with Gasteiger partial charge in [-0.2, -0.15) is 0 Å². The molecule has 0 spiro atoms. The molecular weight excluding hydrogens is 150 g/mol. The Morgan fingerprint density at radius 3 is 3.00 bits per heavy atom. The van der Waals surface area contributed by atoms with Gasteiger partial charge in [-0.15, -0.1) is 0 Å². The van der Waals surface area contributed by atoms with E-state index in [0.717, 1.165) is 16.5 Å². The van der Waals surface area contributed by atoms with Crippen LogP contribution in [0.2, 0.25) is 0 Å². The molecule has 1 heterocycles. The Bertz CT molecular complexity index is 423. The lowest BCUT2D eigenvalue weighted by Gasteiger charge is -1.99. The van der Waals surface area contributed by atoms with Crippen LogP contribution >= 0.6 is 0 Å². The Balaban J connectivity index is 2.88. The van der Waals surface area contributed by atoms with Gasteiger partial charge in [-0.25, -0.2) is 9.97 Å². The van der Waals surface area contributed by atoms with E-state index in [1.165, 1.54) is 0 Å². The first-order valence-corrected chi connectivity index (χ1v) is 3.75. The van der Waals surface area contributed by atoms with Crippen LogP contribution in [0.25, 0.3) is 10.9 Å². The summed E-state index contributed by atoms with van der Waals surface area (Å²) in [5.41, 5.74) is 7.53. The molecule has 0 radical (unpaired) electrons. The van der Waals surface area contributed by atoms with E-state index < -0.39 is 0 Å². The van der Waals surface area contributed by atoms with Crippen LogP contribution in [0.4, 0.5) is 5.95 Å². The van der Waals surface area contributed by atoms with Gasteiger partial charge >= 0.3 is 0 Å². The molecule has 2 rings (SSSR count). The molecule has 0 aliphatic heterocycles. The molecule has 2 N–H and O–H groups in total. The van der Waals surface area contributed by atoms with E-state index in [2.05, 4.69) is 9.97 Å². The number of hydrogen-bond donors (Lipinski definition) is 1. The number of anilines is 1. The molecule has 60 valence electrons. The Morgan fingerprint density at radius 1 is 1.33 bits per heavy atom. The van der Waals surface area contributed by atoms with Crippen molar-refractivity contribution in [1.29, 1.82) is 0 Å². The summed E-state index contributed by atoms with van der Waals surface area (Å²) in [5, 5.41) is 1.03. The first kappa shape index (κ1) is 7.03. The van der Waals surface area contributed by atoms with E-state index in [1.54, 1.807) is 6.20 Å². The molecule has 0 bridgehead atoms. The third-order valence-electron chi connectivity index (χ3n) is 1.83. The minimum atomic E-state index is 0.330. The molecule has 3 nitrogen and oxygen atoms in total. The van der Waals surface area contributed by atoms with Crippen molar-refractivity contribution in [3.8, 4) is 0 Å². The average Bonchev–Trinajstić information content (AvgIpc) is 2.07. The topological polar surface area (TPSA) is 51.8 Å². The van der Waals surface area contributed by atoms with Crippen LogP contribution in [0.1, 0.15) is 5.56 Å². The Kier molecular flexibility index (Phi) is 1.43. The van der Waals surface area contributed by atoms with Crippen molar-refractivity contribution in [2.45, 2.75) is 6.92 Å². The Labute approximate surface area is 70.3 Å². The predicted octanol–water partition coefficient (Wildman–Crippen LogP) is 1.52. The Morgan fingerprint density at radius 2 is 2.17 bits per heavy atom. The van der Waals surface area contributed by atoms with Crippen LogP contribution in [-0.2, 0) is 0 Å². The molecule has 0 fully saturated rings. The number of aryl methyl sites for hydroxylation is 1. The van der Waals surface area contributed by atoms with E-state index in [1.807, 2.05) is 25.1 Å². The molecule has 0 aliphatic rings. The quantitative estimate of drug-likeness (QED) is 0.634. The van der Waals surface area contributed by atoms with Crippen LogP contribution < -0.4 is 5.73 Å². The molecular formula is C9H9N3. The average molecular weight is 159 g/mol. The maximum atomic E-state index is 5.47. The summed E-state index contributed by atoms with van der Waals surface area (Å²) in [6.07, 6.45) is 1.74. The maximum absolute atomic E-state index is 5.47. The number of fused-ring (bicyclic) bond motifs is 1. The second-order valence-corrected chi connectivity index (χ2v) is 2.74. The minimum Gasteiger partial charge on any atom is -0.368 e. The molecule has 0 atom stereocenters. The molecule has 0 amide bonds. The third-order valence-corrected chi connectivity index (χ3v) is 1.83. The standard InChI is InChI=1S/C9H9N3/c1-6-3-2-4-7-5-11-9(10)12-8(6)7/h2-5H,1H3,(H2,10,11,12). The highest BCUT2D eigenvalue weighted by molar-refractivity contribution is 5.81. The van der Waals surface area contributed by atoms with Gasteiger partial charge in [0.25, 0.3) is 0 Å². The van der Waals surface area contributed by atoms with Crippen molar-refractivity contribution in [3.63, 3.8) is 0 Å². The molecule has 1 aromatic heterocycles. The van der Waals surface area contributed by atoms with E-state index in [4.69, 9.17) is 5.73 Å². The fourth-order valence-corrected chi connectivity index (χ4v) is 1.22. The largest absolute Gasteiger partial charge is 0.368 e. The zero-order valence-corrected chi connectivity index (χ0v) is 6.78. The summed E-state index contributed by atoms with van der Waals surface area (Å²) in [6.45, 7) is 2.01. The summed E-state index contributed by atoms with van der Waals surface area (Å²) in [5.74, 6) is 0.330. The number of nitrogen functional groups attached to an aromatic ring is 1. The molecule has 0 saturated heterocycles. The lowest BCUT2D eigenvalue weighted by atomic mass is 10.1. The lowest BCUT2D eigenvalue weighted by molar-refractivity contribution is 1.23. The first-order valence-electron chi connectivity index (χ1n) is 3.75. The highest BCUT2D eigenvalue weighted by Gasteiger charge is 1.98. The van der Waals surface area contributed by atoms with Crippen molar-refractivity contribution < 1.29 is 0 Å². The van der Waals surface area contributed by atoms with Crippen molar-refractivity contribution in [3.05, 3.63) is 30.0 Å². The van der Waals surface area contributed by atoms with Gasteiger partial charge in [0, 0.05) is 11.6 Å². The maximum Gasteiger partial charge on any atom is 0.220 e. The summed E-state index contributed by atoms with van der Waals surface area (Å²) in [4.78, 5) is 8.06. The Hall–Kier alpha value is -1.64. The summed E-state index contributed by atoms with van der Waals surface area (Å²) >= 11 is 0. The third kappa shape index (κ3) is 0.993. The van der Waals surface area contributed by atoms with E-state index in [-0.39, 0.29) is 0 Å². The van der Waals surface area contributed by atoms with Crippen LogP contribution in [-0.4, -0.2) is 9.97 Å². The highest BCUT2D eigenvalue weighted by Crippen LogP contribution is 2.14. The zero-order chi connectivity index (χ0) is 8.55. The zero-order valence-electron chi connectivity index (χ0n) is 6.78. The molecule has 12 heavy (non-hydrogen) atoms. The molecule has 1 aromatic carbocycles. The van der Waals surface area contributed by atoms with Crippen LogP contribution in [0, 0.1) is 6.92 Å². The smallest absolute Gasteiger partial charge is 0.220 e. The summed E-state index contributed by atoms with van der Waals surface area (Å²) in [7, 11) is 0. The van der Waals surface area contributed by atoms with Gasteiger partial charge in [-0.3, -0.25) is 0 Å². The SMILES string of the molecule is Cc1cccc2cnc(N)nc12. The van der Waals surface area contributed by atoms with Gasteiger partial charge in [0.05, 0.1) is 5.52 Å². The number of nitrogens with zero attached hydrogens (tertiary/aromatic N) is 2. The van der Waals surface area contributed by atoms with Gasteiger partial charge in [0.2, 0.25) is 5.95 Å². The normalized spacial score (nSPS) is 10.4. The molecule has 0 saturated carbocycles. The summed E-state index contributed by atoms with van der Waals surface area (Å²) < 4.78 is 0. The second kappa shape index (κ2) is 2.44. The van der Waals surface area contributed by atoms with Crippen LogP contribution in [0.5, 0.6) is 0 Å². The minimum absolute atomic E-state index is 0.330. The van der Waals surface area contributed by atoms with Gasteiger partial charge in [0.15, 0.2) is 0 Å². The fourth-order valence-electron chi connectivity index (χ4n) is 1.22. The van der Waals surface area contributed by atoms with Gasteiger partial charge < -0.3 is 5.73 Å². The number of benzene rings is 1. The monoisotopic (exact) mass is 159 g/mol. The van der Waals surface area contributed by atoms with E-state index in [0.29, 0.717) is 5.95 Å². The lowest BCUT2D eigenvalue weighted by Crippen LogP contribution is -1.94. The van der Waals surface area contributed by atoms with Crippen LogP contribution in [0.15, 0.2) is 24.4 Å². The molecule has 0 aliphatic carbocycles. The summed E-state index contributed by atoms with van der Waals surface area (Å²) in [6, 6.07) is 5.97. The van der Waals surface area contributed by atoms with Gasteiger partial charge in [-0.05, 0) is 12.5 Å². The van der Waals surface area contributed by atoms with E-state index in [9.17, 15) is 0 Å². The number of para-hydroxylation sites is 1. The van der Waals surface area contributed by atoms with Gasteiger partial charge in [0.1, 0.15) is 0 Å². The van der Waals surface area contributed by atoms with Gasteiger partial charge in [-0.1, -0.05) is 18.2 Å². The number of rotatable bonds is 0. The first-order chi connectivity index (χ1) is 5.77. The number of nitrogens with two attached hydrogens (primary N) is 1. The molecule has 3 heteroatoms. The van der Waals surface area contributed by atoms with Crippen molar-refractivity contribution in [1.82, 2.24) is 9.97 Å². The second-order valence-electron chi connectivity index (χ2n) is 2.74. The highest BCUT2D eigenvalue weighted by atomic mass is 15.0. The molecule has 0 unspecified atom stereocenters. The van der Waals surface area contributed by atoms with E-state index >= 15 is 0 Å². The predicted molar refractivity (Wildman–Crippen MR) is 48.7 cm³/mol. The van der Waals surface area contributed by atoms with Crippen molar-refractivity contribution in [2.75, 3.05) is 5.73 Å². The number of aromatic nitrogens is 2. The van der Waals surface area contributed by atoms with Crippen LogP contribution in [0.3, 0.4) is 0 Å². The van der Waals surface area contributed by atoms with Crippen molar-refractivity contribution >= 4 is 16.9 Å². The number of hydrogen-bond acceptors (Lipinski definition) is 3.